The van der Waals surface area contributed by atoms with Crippen LogP contribution in [0.2, 0.25) is 0 Å². The van der Waals surface area contributed by atoms with E-state index in [0.717, 1.165) is 19.3 Å². The first-order chi connectivity index (χ1) is 9.38. The fourth-order valence-electron chi connectivity index (χ4n) is 2.30. The summed E-state index contributed by atoms with van der Waals surface area (Å²) in [5.41, 5.74) is 0.603. The maximum Gasteiger partial charge on any atom is 0.332 e. The van der Waals surface area contributed by atoms with Crippen LogP contribution in [0.25, 0.3) is 0 Å². The molecule has 0 aromatic carbocycles. The molecule has 6 heteroatoms. The average molecular weight is 386 g/mol. The van der Waals surface area contributed by atoms with E-state index in [-0.39, 0.29) is 12.6 Å². The highest BCUT2D eigenvalue weighted by Crippen LogP contribution is 2.34. The molecule has 1 saturated heterocycles. The minimum Gasteiger partial charge on any atom is -0.478 e. The van der Waals surface area contributed by atoms with Gasteiger partial charge >= 0.3 is 5.97 Å². The van der Waals surface area contributed by atoms with Gasteiger partial charge in [0.25, 0.3) is 0 Å². The Morgan fingerprint density at radius 2 is 2.21 bits per heavy atom. The van der Waals surface area contributed by atoms with Gasteiger partial charge in [-0.2, -0.15) is 0 Å². The minimum absolute atomic E-state index is 0.139. The number of likely N-dealkylation sites (N-methyl/N-ethyl adjacent to an activating group) is 1. The first kappa shape index (κ1) is 16.9. The second-order valence-corrected chi connectivity index (χ2v) is 4.64. The summed E-state index contributed by atoms with van der Waals surface area (Å²) in [6, 6.07) is 0.777. The van der Waals surface area contributed by atoms with Crippen LogP contribution in [0.5, 0.6) is 0 Å². The lowest BCUT2D eigenvalue weighted by molar-refractivity contribution is -0.133. The Kier molecular flexibility index (Phi) is 8.60. The normalized spacial score (nSPS) is 27.0. The standard InChI is InChI=1S/C9H13NO2.C3H8O2.CH3I/c1-10-6-2-4-7(9(11)12)8(10)5-3-6;1-3(5)2-4;1-2/h4,6,8H,2-3,5H2,1H3,(H,11,12);3-5H,2H2,1H3;1H3/i;;1D. The summed E-state index contributed by atoms with van der Waals surface area (Å²) < 4.78 is 6.20. The third-order valence-corrected chi connectivity index (χ3v) is 3.32. The average Bonchev–Trinajstić information content (AvgIpc) is 2.64. The fraction of sp³-hybridized carbons (Fsp3) is 0.769. The number of aliphatic carboxylic acids is 1. The van der Waals surface area contributed by atoms with Crippen molar-refractivity contribution in [3.63, 3.8) is 0 Å². The highest BCUT2D eigenvalue weighted by Gasteiger charge is 2.37. The lowest BCUT2D eigenvalue weighted by Crippen LogP contribution is -2.38. The molecule has 0 radical (unpaired) electrons. The van der Waals surface area contributed by atoms with E-state index in [1.165, 1.54) is 6.92 Å². The molecule has 3 N–H and O–H groups in total. The van der Waals surface area contributed by atoms with Gasteiger partial charge in [0, 0.05) is 13.5 Å². The number of halogens is 1. The smallest absolute Gasteiger partial charge is 0.332 e. The summed E-state index contributed by atoms with van der Waals surface area (Å²) in [6.45, 7) is 1.39. The van der Waals surface area contributed by atoms with Crippen molar-refractivity contribution in [1.82, 2.24) is 4.90 Å². The summed E-state index contributed by atoms with van der Waals surface area (Å²) >= 11 is 1.96. The van der Waals surface area contributed by atoms with E-state index in [2.05, 4.69) is 4.90 Å². The molecule has 0 aromatic heterocycles. The Balaban J connectivity index is 0.000000382. The van der Waals surface area contributed by atoms with Gasteiger partial charge in [-0.25, -0.2) is 4.79 Å². The molecule has 19 heavy (non-hydrogen) atoms. The topological polar surface area (TPSA) is 81.0 Å². The van der Waals surface area contributed by atoms with Gasteiger partial charge in [0.1, 0.15) is 0 Å². The van der Waals surface area contributed by atoms with Crippen molar-refractivity contribution < 1.29 is 21.5 Å². The lowest BCUT2D eigenvalue weighted by Gasteiger charge is -2.29. The molecule has 0 aliphatic carbocycles. The number of aliphatic hydroxyl groups excluding tert-OH is 2. The van der Waals surface area contributed by atoms with Crippen LogP contribution in [0.1, 0.15) is 27.6 Å². The highest BCUT2D eigenvalue weighted by molar-refractivity contribution is 14.1. The first-order valence-corrected chi connectivity index (χ1v) is 7.70. The minimum atomic E-state index is -0.743. The largest absolute Gasteiger partial charge is 0.478 e. The molecule has 2 bridgehead atoms. The SMILES string of the molecule is CC(O)CO.CN1C2CC=C(C(=O)O)C1CC2.[2H]CI. The van der Waals surface area contributed by atoms with Gasteiger partial charge in [-0.05, 0) is 38.1 Å². The van der Waals surface area contributed by atoms with E-state index in [1.54, 1.807) is 0 Å². The molecule has 3 atom stereocenters. The van der Waals surface area contributed by atoms with Crippen LogP contribution in [0, 0.1) is 0 Å². The molecule has 0 amide bonds. The zero-order valence-electron chi connectivity index (χ0n) is 12.4. The van der Waals surface area contributed by atoms with Crippen LogP contribution < -0.4 is 0 Å². The van der Waals surface area contributed by atoms with Crippen molar-refractivity contribution in [3.05, 3.63) is 11.6 Å². The van der Waals surface area contributed by atoms with Crippen molar-refractivity contribution in [2.75, 3.05) is 18.6 Å². The molecule has 1 fully saturated rings. The second kappa shape index (κ2) is 9.68. The van der Waals surface area contributed by atoms with Crippen molar-refractivity contribution in [1.29, 1.82) is 0 Å². The van der Waals surface area contributed by atoms with Crippen molar-refractivity contribution >= 4 is 28.6 Å². The number of hydrogen-bond donors (Lipinski definition) is 3. The zero-order chi connectivity index (χ0) is 15.7. The molecule has 0 saturated carbocycles. The van der Waals surface area contributed by atoms with Gasteiger partial charge in [-0.1, -0.05) is 28.7 Å². The summed E-state index contributed by atoms with van der Waals surface area (Å²) in [6.07, 6.45) is 4.41. The Hall–Kier alpha value is -0.180. The Morgan fingerprint density at radius 1 is 1.68 bits per heavy atom. The molecule has 2 rings (SSSR count). The number of carboxylic acids is 1. The Bertz CT molecular complexity index is 325. The zero-order valence-corrected chi connectivity index (χ0v) is 13.6. The summed E-state index contributed by atoms with van der Waals surface area (Å²) in [7, 11) is 2.03. The number of aliphatic hydroxyl groups is 2. The summed E-state index contributed by atoms with van der Waals surface area (Å²) in [5, 5.41) is 24.9. The van der Waals surface area contributed by atoms with Crippen LogP contribution in [0.4, 0.5) is 0 Å². The molecule has 2 aliphatic rings. The molecule has 0 spiro atoms. The van der Waals surface area contributed by atoms with Crippen molar-refractivity contribution in [3.8, 4) is 0 Å². The maximum absolute atomic E-state index is 10.8. The third-order valence-electron chi connectivity index (χ3n) is 3.32. The van der Waals surface area contributed by atoms with Crippen LogP contribution in [0.3, 0.4) is 0 Å². The molecule has 2 aliphatic heterocycles. The molecule has 0 aromatic rings. The first-order valence-electron chi connectivity index (χ1n) is 6.89. The van der Waals surface area contributed by atoms with E-state index in [9.17, 15) is 4.79 Å². The van der Waals surface area contributed by atoms with Crippen molar-refractivity contribution in [2.45, 2.75) is 44.4 Å². The molecule has 5 nitrogen and oxygen atoms in total. The maximum atomic E-state index is 10.8. The second-order valence-electron chi connectivity index (χ2n) is 4.64. The van der Waals surface area contributed by atoms with Crippen LogP contribution in [0.15, 0.2) is 11.6 Å². The van der Waals surface area contributed by atoms with Crippen LogP contribution in [-0.4, -0.2) is 62.9 Å². The number of nitrogens with zero attached hydrogens (tertiary/aromatic N) is 1. The Labute approximate surface area is 129 Å². The van der Waals surface area contributed by atoms with E-state index in [4.69, 9.17) is 16.7 Å². The van der Waals surface area contributed by atoms with Gasteiger partial charge in [-0.15, -0.1) is 0 Å². The predicted octanol–water partition coefficient (Wildman–Crippen LogP) is 1.27. The van der Waals surface area contributed by atoms with E-state index in [1.807, 2.05) is 35.7 Å². The number of carboxylic acid groups (broad SMARTS) is 1. The van der Waals surface area contributed by atoms with Crippen LogP contribution >= 0.6 is 22.6 Å². The molecule has 3 unspecified atom stereocenters. The van der Waals surface area contributed by atoms with Crippen molar-refractivity contribution in [2.24, 2.45) is 0 Å². The van der Waals surface area contributed by atoms with Gasteiger partial charge in [0.2, 0.25) is 0 Å². The summed E-state index contributed by atoms with van der Waals surface area (Å²) in [5.74, 6) is -0.743. The number of fused-ring (bicyclic) bond motifs is 2. The van der Waals surface area contributed by atoms with Gasteiger partial charge < -0.3 is 15.3 Å². The molecular weight excluding hydrogens is 361 g/mol. The van der Waals surface area contributed by atoms with Gasteiger partial charge in [0.15, 0.2) is 0 Å². The number of rotatable bonds is 2. The lowest BCUT2D eigenvalue weighted by atomic mass is 10.0. The molecule has 112 valence electrons. The molecular formula is C13H24INO4. The van der Waals surface area contributed by atoms with E-state index in [0.29, 0.717) is 16.5 Å². The monoisotopic (exact) mass is 386 g/mol. The van der Waals surface area contributed by atoms with Gasteiger partial charge in [-0.3, -0.25) is 4.90 Å². The summed E-state index contributed by atoms with van der Waals surface area (Å²) in [4.78, 5) is 13.5. The third kappa shape index (κ3) is 5.76. The van der Waals surface area contributed by atoms with E-state index < -0.39 is 12.1 Å². The molecule has 2 heterocycles. The quantitative estimate of drug-likeness (QED) is 0.492. The van der Waals surface area contributed by atoms with E-state index >= 15 is 0 Å². The van der Waals surface area contributed by atoms with Crippen LogP contribution in [-0.2, 0) is 4.79 Å². The Morgan fingerprint density at radius 3 is 2.63 bits per heavy atom. The highest BCUT2D eigenvalue weighted by atomic mass is 127. The van der Waals surface area contributed by atoms with Gasteiger partial charge in [0.05, 0.1) is 18.3 Å². The fourth-order valence-corrected chi connectivity index (χ4v) is 2.30. The number of alkyl halides is 1. The number of hydrogen-bond acceptors (Lipinski definition) is 4. The predicted molar refractivity (Wildman–Crippen MR) is 83.6 cm³/mol. The number of carbonyl (C=O) groups is 1.